The lowest BCUT2D eigenvalue weighted by Gasteiger charge is -2.06. The maximum atomic E-state index is 13.3. The number of nitro benzene ring substituents is 1. The van der Waals surface area contributed by atoms with Gasteiger partial charge in [-0.1, -0.05) is 0 Å². The Kier molecular flexibility index (Phi) is 5.72. The molecular formula is C19H15FN2O7. The van der Waals surface area contributed by atoms with Gasteiger partial charge in [-0.2, -0.15) is 4.39 Å². The lowest BCUT2D eigenvalue weighted by Crippen LogP contribution is -2.21. The summed E-state index contributed by atoms with van der Waals surface area (Å²) in [4.78, 5) is 33.7. The number of halogens is 1. The van der Waals surface area contributed by atoms with E-state index in [1.807, 2.05) is 0 Å². The van der Waals surface area contributed by atoms with Crippen LogP contribution in [0.3, 0.4) is 0 Å². The molecule has 0 aliphatic carbocycles. The Bertz CT molecular complexity index is 1090. The Balaban J connectivity index is 1.56. The third-order valence-electron chi connectivity index (χ3n) is 3.99. The summed E-state index contributed by atoms with van der Waals surface area (Å²) in [6.45, 7) is -0.604. The zero-order valence-corrected chi connectivity index (χ0v) is 15.1. The molecule has 0 aliphatic heterocycles. The van der Waals surface area contributed by atoms with Crippen molar-refractivity contribution in [1.82, 2.24) is 0 Å². The van der Waals surface area contributed by atoms with Gasteiger partial charge in [0.15, 0.2) is 6.61 Å². The Morgan fingerprint density at radius 3 is 2.76 bits per heavy atom. The Morgan fingerprint density at radius 1 is 1.24 bits per heavy atom. The highest BCUT2D eigenvalue weighted by atomic mass is 19.1. The van der Waals surface area contributed by atoms with Crippen molar-refractivity contribution in [3.05, 3.63) is 64.2 Å². The molecule has 0 atom stereocenters. The Labute approximate surface area is 163 Å². The van der Waals surface area contributed by atoms with Crippen molar-refractivity contribution in [2.75, 3.05) is 19.0 Å². The molecule has 0 saturated carbocycles. The maximum absolute atomic E-state index is 13.3. The van der Waals surface area contributed by atoms with Crippen LogP contribution in [0.15, 0.2) is 47.1 Å². The fourth-order valence-electron chi connectivity index (χ4n) is 2.61. The summed E-state index contributed by atoms with van der Waals surface area (Å²) in [6, 6.07) is 8.05. The molecule has 0 fully saturated rings. The SMILES string of the molecule is COc1ccc2c(CC(=O)OCC(=O)Nc3ccc(F)c([N+](=O)[O-])c3)coc2c1. The number of nitrogens with one attached hydrogen (secondary N) is 1. The number of methoxy groups -OCH3 is 1. The van der Waals surface area contributed by atoms with E-state index in [9.17, 15) is 24.1 Å². The van der Waals surface area contributed by atoms with Gasteiger partial charge in [0.25, 0.3) is 5.91 Å². The molecular weight excluding hydrogens is 387 g/mol. The summed E-state index contributed by atoms with van der Waals surface area (Å²) >= 11 is 0. The summed E-state index contributed by atoms with van der Waals surface area (Å²) in [5.74, 6) is -1.80. The molecule has 3 rings (SSSR count). The quantitative estimate of drug-likeness (QED) is 0.366. The van der Waals surface area contributed by atoms with Crippen molar-refractivity contribution in [3.63, 3.8) is 0 Å². The lowest BCUT2D eigenvalue weighted by atomic mass is 10.1. The summed E-state index contributed by atoms with van der Waals surface area (Å²) < 4.78 is 28.7. The second-order valence-corrected chi connectivity index (χ2v) is 5.93. The van der Waals surface area contributed by atoms with E-state index in [0.717, 1.165) is 18.2 Å². The van der Waals surface area contributed by atoms with Gasteiger partial charge >= 0.3 is 11.7 Å². The first-order chi connectivity index (χ1) is 13.9. The molecule has 1 N–H and O–H groups in total. The second-order valence-electron chi connectivity index (χ2n) is 5.93. The Morgan fingerprint density at radius 2 is 2.03 bits per heavy atom. The highest BCUT2D eigenvalue weighted by molar-refractivity contribution is 5.93. The van der Waals surface area contributed by atoms with Crippen molar-refractivity contribution in [2.24, 2.45) is 0 Å². The standard InChI is InChI=1S/C19H15FN2O7/c1-27-13-3-4-14-11(9-28-17(14)8-13)6-19(24)29-10-18(23)21-12-2-5-15(20)16(7-12)22(25)26/h2-5,7-9H,6,10H2,1H3,(H,21,23). The number of ether oxygens (including phenoxy) is 2. The fraction of sp³-hybridized carbons (Fsp3) is 0.158. The van der Waals surface area contributed by atoms with Crippen LogP contribution in [0.2, 0.25) is 0 Å². The Hall–Kier alpha value is -3.95. The first kappa shape index (κ1) is 19.8. The fourth-order valence-corrected chi connectivity index (χ4v) is 2.61. The van der Waals surface area contributed by atoms with E-state index in [2.05, 4.69) is 5.32 Å². The number of carbonyl (C=O) groups is 2. The van der Waals surface area contributed by atoms with E-state index in [1.165, 1.54) is 13.4 Å². The third-order valence-corrected chi connectivity index (χ3v) is 3.99. The molecule has 0 radical (unpaired) electrons. The van der Waals surface area contributed by atoms with Crippen molar-refractivity contribution < 1.29 is 32.8 Å². The van der Waals surface area contributed by atoms with E-state index in [4.69, 9.17) is 13.9 Å². The molecule has 2 aromatic carbocycles. The molecule has 0 saturated heterocycles. The van der Waals surface area contributed by atoms with Crippen LogP contribution < -0.4 is 10.1 Å². The summed E-state index contributed by atoms with van der Waals surface area (Å²) in [6.07, 6.45) is 1.30. The minimum Gasteiger partial charge on any atom is -0.497 e. The number of carbonyl (C=O) groups excluding carboxylic acids is 2. The van der Waals surface area contributed by atoms with Crippen LogP contribution in [-0.4, -0.2) is 30.5 Å². The normalized spacial score (nSPS) is 10.6. The van der Waals surface area contributed by atoms with Gasteiger partial charge in [-0.15, -0.1) is 0 Å². The van der Waals surface area contributed by atoms with Crippen LogP contribution in [0.4, 0.5) is 15.8 Å². The molecule has 0 bridgehead atoms. The minimum absolute atomic E-state index is 0.00826. The van der Waals surface area contributed by atoms with Crippen LogP contribution in [0.1, 0.15) is 5.56 Å². The van der Waals surface area contributed by atoms with Crippen molar-refractivity contribution in [3.8, 4) is 5.75 Å². The summed E-state index contributed by atoms with van der Waals surface area (Å²) in [5, 5.41) is 13.7. The number of fused-ring (bicyclic) bond motifs is 1. The third kappa shape index (κ3) is 4.67. The van der Waals surface area contributed by atoms with Crippen LogP contribution >= 0.6 is 0 Å². The zero-order chi connectivity index (χ0) is 21.0. The van der Waals surface area contributed by atoms with Gasteiger partial charge in [-0.3, -0.25) is 19.7 Å². The first-order valence-corrected chi connectivity index (χ1v) is 8.31. The molecule has 1 heterocycles. The number of nitrogens with zero attached hydrogens (tertiary/aromatic N) is 1. The van der Waals surface area contributed by atoms with Crippen molar-refractivity contribution in [1.29, 1.82) is 0 Å². The number of benzene rings is 2. The van der Waals surface area contributed by atoms with E-state index < -0.39 is 34.9 Å². The maximum Gasteiger partial charge on any atom is 0.310 e. The van der Waals surface area contributed by atoms with Crippen LogP contribution in [-0.2, 0) is 20.7 Å². The number of amides is 1. The van der Waals surface area contributed by atoms with Gasteiger partial charge in [-0.05, 0) is 24.3 Å². The number of furan rings is 1. The number of hydrogen-bond donors (Lipinski definition) is 1. The molecule has 0 unspecified atom stereocenters. The molecule has 10 heteroatoms. The lowest BCUT2D eigenvalue weighted by molar-refractivity contribution is -0.387. The van der Waals surface area contributed by atoms with Gasteiger partial charge in [0.2, 0.25) is 5.82 Å². The van der Waals surface area contributed by atoms with Gasteiger partial charge in [0.05, 0.1) is 24.7 Å². The average Bonchev–Trinajstić information content (AvgIpc) is 3.09. The number of anilines is 1. The predicted molar refractivity (Wildman–Crippen MR) is 99.1 cm³/mol. The number of esters is 1. The average molecular weight is 402 g/mol. The smallest absolute Gasteiger partial charge is 0.310 e. The summed E-state index contributed by atoms with van der Waals surface area (Å²) in [7, 11) is 1.53. The van der Waals surface area contributed by atoms with Crippen molar-refractivity contribution in [2.45, 2.75) is 6.42 Å². The topological polar surface area (TPSA) is 121 Å². The zero-order valence-electron chi connectivity index (χ0n) is 15.1. The van der Waals surface area contributed by atoms with E-state index in [-0.39, 0.29) is 12.1 Å². The molecule has 1 aromatic heterocycles. The van der Waals surface area contributed by atoms with E-state index in [0.29, 0.717) is 22.3 Å². The predicted octanol–water partition coefficient (Wildman–Crippen LogP) is 3.21. The summed E-state index contributed by atoms with van der Waals surface area (Å²) in [5.41, 5.74) is 0.363. The molecule has 0 aliphatic rings. The van der Waals surface area contributed by atoms with Crippen molar-refractivity contribution >= 4 is 34.2 Å². The van der Waals surface area contributed by atoms with Gasteiger partial charge in [0, 0.05) is 28.8 Å². The second kappa shape index (κ2) is 8.38. The van der Waals surface area contributed by atoms with Gasteiger partial charge in [-0.25, -0.2) is 0 Å². The minimum atomic E-state index is -1.02. The highest BCUT2D eigenvalue weighted by Gasteiger charge is 2.17. The molecule has 29 heavy (non-hydrogen) atoms. The number of hydrogen-bond acceptors (Lipinski definition) is 7. The van der Waals surface area contributed by atoms with Gasteiger partial charge < -0.3 is 19.2 Å². The number of rotatable bonds is 7. The molecule has 3 aromatic rings. The van der Waals surface area contributed by atoms with E-state index >= 15 is 0 Å². The number of nitro groups is 1. The molecule has 150 valence electrons. The van der Waals surface area contributed by atoms with Gasteiger partial charge in [0.1, 0.15) is 11.3 Å². The van der Waals surface area contributed by atoms with Crippen LogP contribution in [0.5, 0.6) is 5.75 Å². The van der Waals surface area contributed by atoms with E-state index in [1.54, 1.807) is 18.2 Å². The first-order valence-electron chi connectivity index (χ1n) is 8.31. The monoisotopic (exact) mass is 402 g/mol. The van der Waals surface area contributed by atoms with Crippen LogP contribution in [0.25, 0.3) is 11.0 Å². The van der Waals surface area contributed by atoms with Crippen LogP contribution in [0, 0.1) is 15.9 Å². The molecule has 1 amide bonds. The largest absolute Gasteiger partial charge is 0.497 e. The molecule has 9 nitrogen and oxygen atoms in total. The highest BCUT2D eigenvalue weighted by Crippen LogP contribution is 2.26. The molecule has 0 spiro atoms.